The van der Waals surface area contributed by atoms with Gasteiger partial charge in [-0.2, -0.15) is 5.26 Å². The van der Waals surface area contributed by atoms with Crippen molar-refractivity contribution in [2.75, 3.05) is 0 Å². The number of nitrogens with zero attached hydrogens (tertiary/aromatic N) is 3. The molecule has 0 spiro atoms. The van der Waals surface area contributed by atoms with Crippen LogP contribution in [0.25, 0.3) is 11.0 Å². The maximum absolute atomic E-state index is 9.06. The van der Waals surface area contributed by atoms with Crippen LogP contribution in [0.2, 0.25) is 10.0 Å². The first-order chi connectivity index (χ1) is 11.1. The topological polar surface area (TPSA) is 41.6 Å². The molecule has 0 atom stereocenters. The van der Waals surface area contributed by atoms with Crippen molar-refractivity contribution < 1.29 is 0 Å². The van der Waals surface area contributed by atoms with Crippen LogP contribution < -0.4 is 0 Å². The summed E-state index contributed by atoms with van der Waals surface area (Å²) >= 11 is 12.3. The Morgan fingerprint density at radius 1 is 1.17 bits per heavy atom. The lowest BCUT2D eigenvalue weighted by atomic mass is 10.1. The van der Waals surface area contributed by atoms with Crippen molar-refractivity contribution in [3.63, 3.8) is 0 Å². The molecule has 0 bridgehead atoms. The van der Waals surface area contributed by atoms with E-state index < -0.39 is 0 Å². The van der Waals surface area contributed by atoms with E-state index in [2.05, 4.69) is 17.6 Å². The summed E-state index contributed by atoms with van der Waals surface area (Å²) in [6.45, 7) is 2.78. The highest BCUT2D eigenvalue weighted by Gasteiger charge is 2.13. The van der Waals surface area contributed by atoms with Crippen molar-refractivity contribution in [1.82, 2.24) is 9.55 Å². The third-order valence-electron chi connectivity index (χ3n) is 3.74. The molecule has 0 saturated heterocycles. The van der Waals surface area contributed by atoms with Gasteiger partial charge in [-0.15, -0.1) is 0 Å². The van der Waals surface area contributed by atoms with Gasteiger partial charge in [0.1, 0.15) is 5.82 Å². The fraction of sp³-hybridized carbons (Fsp3) is 0.222. The molecule has 0 amide bonds. The standard InChI is InChI=1S/C18H15Cl2N3/c1-2-4-18-22-16-8-14(19)15(20)9-17(16)23(18)11-13-6-3-5-12(7-13)10-21/h3,5-9H,2,4,11H2,1H3. The quantitative estimate of drug-likeness (QED) is 0.651. The molecule has 5 heteroatoms. The molecule has 1 heterocycles. The van der Waals surface area contributed by atoms with Crippen LogP contribution >= 0.6 is 23.2 Å². The first-order valence-corrected chi connectivity index (χ1v) is 8.21. The molecule has 0 aliphatic heterocycles. The Kier molecular flexibility index (Phi) is 4.56. The number of rotatable bonds is 4. The smallest absolute Gasteiger partial charge is 0.110 e. The molecule has 0 radical (unpaired) electrons. The Morgan fingerprint density at radius 2 is 1.96 bits per heavy atom. The first kappa shape index (κ1) is 15.9. The summed E-state index contributed by atoms with van der Waals surface area (Å²) in [4.78, 5) is 4.70. The van der Waals surface area contributed by atoms with Crippen LogP contribution in [0.1, 0.15) is 30.3 Å². The Hall–Kier alpha value is -2.02. The fourth-order valence-corrected chi connectivity index (χ4v) is 3.00. The van der Waals surface area contributed by atoms with Crippen LogP contribution in [0.3, 0.4) is 0 Å². The molecule has 0 N–H and O–H groups in total. The lowest BCUT2D eigenvalue weighted by molar-refractivity contribution is 0.721. The van der Waals surface area contributed by atoms with Crippen LogP contribution in [0.15, 0.2) is 36.4 Å². The number of aryl methyl sites for hydroxylation is 1. The van der Waals surface area contributed by atoms with Crippen molar-refractivity contribution in [3.05, 3.63) is 63.4 Å². The molecule has 0 saturated carbocycles. The molecule has 116 valence electrons. The Morgan fingerprint density at radius 3 is 2.70 bits per heavy atom. The number of benzene rings is 2. The number of halogens is 2. The van der Waals surface area contributed by atoms with Crippen molar-refractivity contribution in [3.8, 4) is 6.07 Å². The number of hydrogen-bond donors (Lipinski definition) is 0. The second-order valence-corrected chi connectivity index (χ2v) is 6.25. The van der Waals surface area contributed by atoms with Gasteiger partial charge in [0.2, 0.25) is 0 Å². The highest BCUT2D eigenvalue weighted by Crippen LogP contribution is 2.29. The Balaban J connectivity index is 2.12. The van der Waals surface area contributed by atoms with E-state index in [1.54, 1.807) is 12.1 Å². The number of fused-ring (bicyclic) bond motifs is 1. The van der Waals surface area contributed by atoms with Crippen molar-refractivity contribution in [2.45, 2.75) is 26.3 Å². The van der Waals surface area contributed by atoms with E-state index in [0.29, 0.717) is 22.2 Å². The minimum atomic E-state index is 0.512. The summed E-state index contributed by atoms with van der Waals surface area (Å²) in [7, 11) is 0. The van der Waals surface area contributed by atoms with Gasteiger partial charge in [-0.25, -0.2) is 4.98 Å². The molecule has 1 aromatic heterocycles. The second kappa shape index (κ2) is 6.62. The van der Waals surface area contributed by atoms with E-state index in [0.717, 1.165) is 35.3 Å². The monoisotopic (exact) mass is 343 g/mol. The zero-order chi connectivity index (χ0) is 16.4. The maximum atomic E-state index is 9.06. The zero-order valence-electron chi connectivity index (χ0n) is 12.7. The zero-order valence-corrected chi connectivity index (χ0v) is 14.2. The Bertz CT molecular complexity index is 907. The van der Waals surface area contributed by atoms with Gasteiger partial charge < -0.3 is 4.57 Å². The van der Waals surface area contributed by atoms with Gasteiger partial charge in [0, 0.05) is 13.0 Å². The lowest BCUT2D eigenvalue weighted by Gasteiger charge is -2.09. The van der Waals surface area contributed by atoms with Gasteiger partial charge in [0.05, 0.1) is 32.7 Å². The van der Waals surface area contributed by atoms with Crippen molar-refractivity contribution in [2.24, 2.45) is 0 Å². The summed E-state index contributed by atoms with van der Waals surface area (Å²) in [5.41, 5.74) is 3.53. The molecule has 2 aromatic carbocycles. The highest BCUT2D eigenvalue weighted by molar-refractivity contribution is 6.42. The van der Waals surface area contributed by atoms with E-state index in [1.165, 1.54) is 0 Å². The average Bonchev–Trinajstić information content (AvgIpc) is 2.85. The number of aromatic nitrogens is 2. The van der Waals surface area contributed by atoms with E-state index in [9.17, 15) is 0 Å². The summed E-state index contributed by atoms with van der Waals surface area (Å²) < 4.78 is 2.15. The van der Waals surface area contributed by atoms with Crippen molar-refractivity contribution >= 4 is 34.2 Å². The number of imidazole rings is 1. The van der Waals surface area contributed by atoms with Gasteiger partial charge >= 0.3 is 0 Å². The predicted octanol–water partition coefficient (Wildman–Crippen LogP) is 5.22. The molecule has 3 rings (SSSR count). The van der Waals surface area contributed by atoms with Crippen LogP contribution in [0, 0.1) is 11.3 Å². The molecule has 23 heavy (non-hydrogen) atoms. The normalized spacial score (nSPS) is 10.9. The second-order valence-electron chi connectivity index (χ2n) is 5.43. The SMILES string of the molecule is CCCc1nc2cc(Cl)c(Cl)cc2n1Cc1cccc(C#N)c1. The molecular formula is C18H15Cl2N3. The van der Waals surface area contributed by atoms with Crippen LogP contribution in [-0.2, 0) is 13.0 Å². The van der Waals surface area contributed by atoms with Crippen LogP contribution in [-0.4, -0.2) is 9.55 Å². The number of nitriles is 1. The van der Waals surface area contributed by atoms with Gasteiger partial charge in [-0.05, 0) is 36.2 Å². The van der Waals surface area contributed by atoms with Gasteiger partial charge in [-0.1, -0.05) is 42.3 Å². The molecule has 0 unspecified atom stereocenters. The largest absolute Gasteiger partial charge is 0.323 e. The Labute approximate surface area is 145 Å². The van der Waals surface area contributed by atoms with E-state index in [4.69, 9.17) is 33.4 Å². The summed E-state index contributed by atoms with van der Waals surface area (Å²) in [6, 6.07) is 13.5. The molecule has 3 aromatic rings. The van der Waals surface area contributed by atoms with Crippen molar-refractivity contribution in [1.29, 1.82) is 5.26 Å². The first-order valence-electron chi connectivity index (χ1n) is 7.45. The van der Waals surface area contributed by atoms with Gasteiger partial charge in [0.25, 0.3) is 0 Å². The maximum Gasteiger partial charge on any atom is 0.110 e. The number of hydrogen-bond acceptors (Lipinski definition) is 2. The molecule has 3 nitrogen and oxygen atoms in total. The van der Waals surface area contributed by atoms with Gasteiger partial charge in [0.15, 0.2) is 0 Å². The predicted molar refractivity (Wildman–Crippen MR) is 94.0 cm³/mol. The molecule has 0 aliphatic rings. The lowest BCUT2D eigenvalue weighted by Crippen LogP contribution is -2.05. The van der Waals surface area contributed by atoms with Crippen LogP contribution in [0.4, 0.5) is 0 Å². The fourth-order valence-electron chi connectivity index (χ4n) is 2.68. The van der Waals surface area contributed by atoms with Gasteiger partial charge in [-0.3, -0.25) is 0 Å². The van der Waals surface area contributed by atoms with E-state index >= 15 is 0 Å². The summed E-state index contributed by atoms with van der Waals surface area (Å²) in [5, 5.41) is 10.1. The molecule has 0 fully saturated rings. The average molecular weight is 344 g/mol. The molecule has 0 aliphatic carbocycles. The minimum absolute atomic E-state index is 0.512. The van der Waals surface area contributed by atoms with E-state index in [-0.39, 0.29) is 0 Å². The van der Waals surface area contributed by atoms with E-state index in [1.807, 2.05) is 24.3 Å². The third-order valence-corrected chi connectivity index (χ3v) is 4.46. The highest BCUT2D eigenvalue weighted by atomic mass is 35.5. The summed E-state index contributed by atoms with van der Waals surface area (Å²) in [5.74, 6) is 1.00. The summed E-state index contributed by atoms with van der Waals surface area (Å²) in [6.07, 6.45) is 1.88. The van der Waals surface area contributed by atoms with Crippen LogP contribution in [0.5, 0.6) is 0 Å². The third kappa shape index (κ3) is 3.19. The minimum Gasteiger partial charge on any atom is -0.323 e. The molecular weight excluding hydrogens is 329 g/mol.